The van der Waals surface area contributed by atoms with Crippen LogP contribution in [0.1, 0.15) is 49.5 Å². The van der Waals surface area contributed by atoms with Crippen LogP contribution in [0, 0.1) is 5.92 Å². The lowest BCUT2D eigenvalue weighted by Gasteiger charge is -2.15. The highest BCUT2D eigenvalue weighted by Gasteiger charge is 2.10. The lowest BCUT2D eigenvalue weighted by Crippen LogP contribution is -2.32. The van der Waals surface area contributed by atoms with E-state index in [9.17, 15) is 4.79 Å². The Bertz CT molecular complexity index is 390. The van der Waals surface area contributed by atoms with Crippen LogP contribution in [-0.2, 0) is 5.88 Å². The molecule has 0 aliphatic carbocycles. The first-order chi connectivity index (χ1) is 8.52. The van der Waals surface area contributed by atoms with E-state index in [1.807, 2.05) is 31.2 Å². The number of hydrogen-bond donors (Lipinski definition) is 1. The quantitative estimate of drug-likeness (QED) is 0.776. The fourth-order valence-electron chi connectivity index (χ4n) is 1.76. The molecule has 100 valence electrons. The van der Waals surface area contributed by atoms with Gasteiger partial charge in [0, 0.05) is 17.5 Å². The van der Waals surface area contributed by atoms with Crippen molar-refractivity contribution >= 4 is 17.5 Å². The minimum absolute atomic E-state index is 0.0155. The molecule has 18 heavy (non-hydrogen) atoms. The van der Waals surface area contributed by atoms with E-state index in [1.165, 1.54) is 0 Å². The Kier molecular flexibility index (Phi) is 6.20. The lowest BCUT2D eigenvalue weighted by atomic mass is 10.0. The third-order valence-electron chi connectivity index (χ3n) is 2.90. The number of hydrogen-bond acceptors (Lipinski definition) is 1. The number of amides is 1. The minimum Gasteiger partial charge on any atom is -0.350 e. The van der Waals surface area contributed by atoms with Crippen LogP contribution in [-0.4, -0.2) is 11.9 Å². The first-order valence-electron chi connectivity index (χ1n) is 6.48. The lowest BCUT2D eigenvalue weighted by molar-refractivity contribution is 0.0937. The Balaban J connectivity index is 2.53. The van der Waals surface area contributed by atoms with Gasteiger partial charge in [0.1, 0.15) is 0 Å². The van der Waals surface area contributed by atoms with Gasteiger partial charge in [-0.1, -0.05) is 26.0 Å². The maximum atomic E-state index is 12.0. The number of alkyl halides is 1. The molecule has 0 heterocycles. The number of halogens is 1. The first-order valence-corrected chi connectivity index (χ1v) is 7.02. The van der Waals surface area contributed by atoms with Gasteiger partial charge in [0.15, 0.2) is 0 Å². The summed E-state index contributed by atoms with van der Waals surface area (Å²) >= 11 is 5.76. The van der Waals surface area contributed by atoms with Gasteiger partial charge in [0.2, 0.25) is 0 Å². The number of rotatable bonds is 6. The van der Waals surface area contributed by atoms with Crippen LogP contribution in [0.15, 0.2) is 24.3 Å². The molecule has 3 heteroatoms. The smallest absolute Gasteiger partial charge is 0.251 e. The molecule has 0 spiro atoms. The van der Waals surface area contributed by atoms with Gasteiger partial charge in [0.25, 0.3) is 5.91 Å². The van der Waals surface area contributed by atoms with Crippen LogP contribution in [0.25, 0.3) is 0 Å². The van der Waals surface area contributed by atoms with Gasteiger partial charge >= 0.3 is 0 Å². The van der Waals surface area contributed by atoms with Crippen molar-refractivity contribution in [3.8, 4) is 0 Å². The van der Waals surface area contributed by atoms with Crippen molar-refractivity contribution in [1.82, 2.24) is 5.32 Å². The molecule has 0 radical (unpaired) electrons. The topological polar surface area (TPSA) is 29.1 Å². The molecule has 0 fully saturated rings. The standard InChI is InChI=1S/C15H22ClNO/c1-11(2)7-8-12(3)17-15(18)14-6-4-5-13(9-14)10-16/h4-6,9,11-12H,7-8,10H2,1-3H3,(H,17,18). The molecule has 1 rings (SSSR count). The number of carbonyl (C=O) groups excluding carboxylic acids is 1. The monoisotopic (exact) mass is 267 g/mol. The highest BCUT2D eigenvalue weighted by Crippen LogP contribution is 2.10. The molecule has 2 nitrogen and oxygen atoms in total. The zero-order chi connectivity index (χ0) is 13.5. The SMILES string of the molecule is CC(C)CCC(C)NC(=O)c1cccc(CCl)c1. The van der Waals surface area contributed by atoms with Gasteiger partial charge in [-0.25, -0.2) is 0 Å². The second-order valence-corrected chi connectivity index (χ2v) is 5.45. The summed E-state index contributed by atoms with van der Waals surface area (Å²) < 4.78 is 0. The third-order valence-corrected chi connectivity index (χ3v) is 3.21. The second kappa shape index (κ2) is 7.42. The third kappa shape index (κ3) is 5.09. The summed E-state index contributed by atoms with van der Waals surface area (Å²) in [4.78, 5) is 12.0. The molecule has 0 bridgehead atoms. The van der Waals surface area contributed by atoms with Crippen molar-refractivity contribution in [3.05, 3.63) is 35.4 Å². The molecule has 0 saturated carbocycles. The molecule has 0 saturated heterocycles. The summed E-state index contributed by atoms with van der Waals surface area (Å²) in [5.74, 6) is 1.09. The summed E-state index contributed by atoms with van der Waals surface area (Å²) in [5.41, 5.74) is 1.66. The van der Waals surface area contributed by atoms with E-state index < -0.39 is 0 Å². The summed E-state index contributed by atoms with van der Waals surface area (Å²) in [6.07, 6.45) is 2.14. The van der Waals surface area contributed by atoms with Gasteiger partial charge in [-0.2, -0.15) is 0 Å². The Hall–Kier alpha value is -1.02. The van der Waals surface area contributed by atoms with Crippen LogP contribution >= 0.6 is 11.6 Å². The Morgan fingerprint density at radius 2 is 2.00 bits per heavy atom. The average molecular weight is 268 g/mol. The summed E-state index contributed by atoms with van der Waals surface area (Å²) in [6, 6.07) is 7.66. The molecule has 0 aromatic heterocycles. The second-order valence-electron chi connectivity index (χ2n) is 5.18. The van der Waals surface area contributed by atoms with E-state index in [0.717, 1.165) is 18.4 Å². The van der Waals surface area contributed by atoms with Crippen LogP contribution in [0.5, 0.6) is 0 Å². The molecule has 1 unspecified atom stereocenters. The Morgan fingerprint density at radius 1 is 1.28 bits per heavy atom. The number of carbonyl (C=O) groups is 1. The van der Waals surface area contributed by atoms with E-state index in [-0.39, 0.29) is 11.9 Å². The predicted octanol–water partition coefficient (Wildman–Crippen LogP) is 3.98. The molecule has 0 aliphatic rings. The normalized spacial score (nSPS) is 12.5. The molecule has 0 aliphatic heterocycles. The van der Waals surface area contributed by atoms with Crippen molar-refractivity contribution < 1.29 is 4.79 Å². The number of nitrogens with one attached hydrogen (secondary N) is 1. The van der Waals surface area contributed by atoms with Crippen LogP contribution in [0.3, 0.4) is 0 Å². The van der Waals surface area contributed by atoms with E-state index in [0.29, 0.717) is 17.4 Å². The maximum absolute atomic E-state index is 12.0. The highest BCUT2D eigenvalue weighted by atomic mass is 35.5. The Labute approximate surface area is 115 Å². The van der Waals surface area contributed by atoms with E-state index in [2.05, 4.69) is 19.2 Å². The molecule has 1 N–H and O–H groups in total. The van der Waals surface area contributed by atoms with E-state index in [4.69, 9.17) is 11.6 Å². The zero-order valence-electron chi connectivity index (χ0n) is 11.4. The molecule has 1 aromatic rings. The summed E-state index contributed by atoms with van der Waals surface area (Å²) in [5, 5.41) is 3.02. The molecular formula is C15H22ClNO. The fourth-order valence-corrected chi connectivity index (χ4v) is 1.92. The number of benzene rings is 1. The van der Waals surface area contributed by atoms with Crippen LogP contribution in [0.2, 0.25) is 0 Å². The highest BCUT2D eigenvalue weighted by molar-refractivity contribution is 6.17. The average Bonchev–Trinajstić information content (AvgIpc) is 2.36. The fraction of sp³-hybridized carbons (Fsp3) is 0.533. The minimum atomic E-state index is -0.0155. The van der Waals surface area contributed by atoms with Crippen LogP contribution in [0.4, 0.5) is 0 Å². The van der Waals surface area contributed by atoms with Gasteiger partial charge in [0.05, 0.1) is 0 Å². The van der Waals surface area contributed by atoms with Crippen molar-refractivity contribution in [2.75, 3.05) is 0 Å². The van der Waals surface area contributed by atoms with Gasteiger partial charge in [-0.3, -0.25) is 4.79 Å². The molecular weight excluding hydrogens is 246 g/mol. The van der Waals surface area contributed by atoms with Gasteiger partial charge in [-0.05, 0) is 43.4 Å². The van der Waals surface area contributed by atoms with Crippen molar-refractivity contribution in [3.63, 3.8) is 0 Å². The van der Waals surface area contributed by atoms with Gasteiger partial charge < -0.3 is 5.32 Å². The zero-order valence-corrected chi connectivity index (χ0v) is 12.1. The van der Waals surface area contributed by atoms with Crippen molar-refractivity contribution in [2.24, 2.45) is 5.92 Å². The maximum Gasteiger partial charge on any atom is 0.251 e. The largest absolute Gasteiger partial charge is 0.350 e. The summed E-state index contributed by atoms with van der Waals surface area (Å²) in [6.45, 7) is 6.43. The Morgan fingerprint density at radius 3 is 2.61 bits per heavy atom. The van der Waals surface area contributed by atoms with Crippen LogP contribution < -0.4 is 5.32 Å². The molecule has 1 amide bonds. The first kappa shape index (κ1) is 15.0. The predicted molar refractivity (Wildman–Crippen MR) is 77.0 cm³/mol. The summed E-state index contributed by atoms with van der Waals surface area (Å²) in [7, 11) is 0. The van der Waals surface area contributed by atoms with E-state index >= 15 is 0 Å². The van der Waals surface area contributed by atoms with E-state index in [1.54, 1.807) is 0 Å². The van der Waals surface area contributed by atoms with Crippen molar-refractivity contribution in [2.45, 2.75) is 45.5 Å². The molecule has 1 atom stereocenters. The molecule has 1 aromatic carbocycles. The van der Waals surface area contributed by atoms with Gasteiger partial charge in [-0.15, -0.1) is 11.6 Å². The van der Waals surface area contributed by atoms with Crippen molar-refractivity contribution in [1.29, 1.82) is 0 Å².